The van der Waals surface area contributed by atoms with E-state index in [1.54, 1.807) is 0 Å². The van der Waals surface area contributed by atoms with Crippen LogP contribution >= 0.6 is 12.2 Å². The van der Waals surface area contributed by atoms with Crippen molar-refractivity contribution >= 4 is 17.3 Å². The maximum atomic E-state index is 5.42. The topological polar surface area (TPSA) is 35.2 Å². The van der Waals surface area contributed by atoms with Crippen LogP contribution in [0, 0.1) is 0 Å². The molecule has 0 amide bonds. The van der Waals surface area contributed by atoms with E-state index in [2.05, 4.69) is 0 Å². The summed E-state index contributed by atoms with van der Waals surface area (Å²) in [4.78, 5) is 0. The second-order valence-electron chi connectivity index (χ2n) is 2.27. The molecule has 0 aliphatic heterocycles. The molecular formula is C6H13NOS. The van der Waals surface area contributed by atoms with Gasteiger partial charge in [-0.2, -0.15) is 0 Å². The first-order chi connectivity index (χ1) is 4.04. The summed E-state index contributed by atoms with van der Waals surface area (Å²) in [6.07, 6.45) is 0.142. The Morgan fingerprint density at radius 1 is 1.44 bits per heavy atom. The molecule has 2 nitrogen and oxygen atoms in total. The van der Waals surface area contributed by atoms with Crippen LogP contribution in [-0.2, 0) is 4.74 Å². The van der Waals surface area contributed by atoms with Gasteiger partial charge in [0.05, 0.1) is 12.1 Å². The molecule has 0 heterocycles. The molecule has 2 N–H and O–H groups in total. The van der Waals surface area contributed by atoms with Crippen LogP contribution < -0.4 is 5.73 Å². The summed E-state index contributed by atoms with van der Waals surface area (Å²) < 4.78 is 5.12. The van der Waals surface area contributed by atoms with Gasteiger partial charge in [-0.25, -0.2) is 0 Å². The second kappa shape index (κ2) is 3.80. The lowest BCUT2D eigenvalue weighted by molar-refractivity contribution is 0.226. The molecule has 1 atom stereocenters. The lowest BCUT2D eigenvalue weighted by Gasteiger charge is -2.12. The van der Waals surface area contributed by atoms with Crippen molar-refractivity contribution in [3.8, 4) is 0 Å². The SMILES string of the molecule is CC(C)OC(=S)[C@H](C)N. The number of hydrogen-bond acceptors (Lipinski definition) is 3. The summed E-state index contributed by atoms with van der Waals surface area (Å²) in [5, 5.41) is 0.491. The summed E-state index contributed by atoms with van der Waals surface area (Å²) >= 11 is 4.81. The van der Waals surface area contributed by atoms with E-state index < -0.39 is 0 Å². The minimum atomic E-state index is -0.137. The van der Waals surface area contributed by atoms with Crippen LogP contribution in [0.1, 0.15) is 20.8 Å². The Labute approximate surface area is 61.4 Å². The molecule has 0 fully saturated rings. The minimum absolute atomic E-state index is 0.137. The van der Waals surface area contributed by atoms with E-state index in [0.717, 1.165) is 0 Å². The zero-order valence-electron chi connectivity index (χ0n) is 6.05. The Bertz CT molecular complexity index is 101. The smallest absolute Gasteiger partial charge is 0.176 e. The van der Waals surface area contributed by atoms with Crippen LogP contribution in [0.15, 0.2) is 0 Å². The Balaban J connectivity index is 3.51. The number of rotatable bonds is 2. The molecule has 0 aliphatic rings. The van der Waals surface area contributed by atoms with Gasteiger partial charge in [0.25, 0.3) is 0 Å². The van der Waals surface area contributed by atoms with Crippen LogP contribution in [0.25, 0.3) is 0 Å². The van der Waals surface area contributed by atoms with Crippen LogP contribution in [0.5, 0.6) is 0 Å². The number of nitrogens with two attached hydrogens (primary N) is 1. The molecule has 0 aromatic carbocycles. The van der Waals surface area contributed by atoms with E-state index in [-0.39, 0.29) is 12.1 Å². The van der Waals surface area contributed by atoms with Gasteiger partial charge in [-0.15, -0.1) is 0 Å². The number of ether oxygens (including phenoxy) is 1. The van der Waals surface area contributed by atoms with Crippen molar-refractivity contribution in [2.45, 2.75) is 32.9 Å². The average Bonchev–Trinajstić information content (AvgIpc) is 1.63. The van der Waals surface area contributed by atoms with Crippen molar-refractivity contribution in [2.75, 3.05) is 0 Å². The summed E-state index contributed by atoms with van der Waals surface area (Å²) in [7, 11) is 0. The zero-order valence-corrected chi connectivity index (χ0v) is 6.87. The summed E-state index contributed by atoms with van der Waals surface area (Å²) in [5.41, 5.74) is 5.42. The normalized spacial score (nSPS) is 13.4. The number of hydrogen-bond donors (Lipinski definition) is 1. The molecule has 0 aliphatic carbocycles. The zero-order chi connectivity index (χ0) is 7.44. The third kappa shape index (κ3) is 4.36. The van der Waals surface area contributed by atoms with Gasteiger partial charge in [0.15, 0.2) is 5.05 Å². The van der Waals surface area contributed by atoms with Crippen molar-refractivity contribution in [1.29, 1.82) is 0 Å². The van der Waals surface area contributed by atoms with Gasteiger partial charge in [0.1, 0.15) is 0 Å². The predicted octanol–water partition coefficient (Wildman–Crippen LogP) is 1.09. The molecule has 0 saturated heterocycles. The Morgan fingerprint density at radius 2 is 1.89 bits per heavy atom. The van der Waals surface area contributed by atoms with E-state index >= 15 is 0 Å². The van der Waals surface area contributed by atoms with Crippen molar-refractivity contribution in [3.05, 3.63) is 0 Å². The molecule has 54 valence electrons. The predicted molar refractivity (Wildman–Crippen MR) is 42.5 cm³/mol. The van der Waals surface area contributed by atoms with Crippen molar-refractivity contribution < 1.29 is 4.74 Å². The highest BCUT2D eigenvalue weighted by Crippen LogP contribution is 1.93. The van der Waals surface area contributed by atoms with E-state index in [4.69, 9.17) is 22.7 Å². The molecular weight excluding hydrogens is 134 g/mol. The summed E-state index contributed by atoms with van der Waals surface area (Å²) in [5.74, 6) is 0. The molecule has 9 heavy (non-hydrogen) atoms. The van der Waals surface area contributed by atoms with Gasteiger partial charge in [-0.1, -0.05) is 0 Å². The average molecular weight is 147 g/mol. The maximum Gasteiger partial charge on any atom is 0.176 e. The lowest BCUT2D eigenvalue weighted by atomic mass is 10.4. The van der Waals surface area contributed by atoms with Gasteiger partial charge in [-0.05, 0) is 33.0 Å². The molecule has 0 bridgehead atoms. The third-order valence-corrected chi connectivity index (χ3v) is 1.19. The maximum absolute atomic E-state index is 5.42. The van der Waals surface area contributed by atoms with Gasteiger partial charge in [0, 0.05) is 0 Å². The molecule has 0 unspecified atom stereocenters. The van der Waals surface area contributed by atoms with Crippen LogP contribution in [0.3, 0.4) is 0 Å². The Hall–Kier alpha value is -0.150. The fourth-order valence-electron chi connectivity index (χ4n) is 0.340. The molecule has 0 saturated carbocycles. The molecule has 0 radical (unpaired) electrons. The fraction of sp³-hybridized carbons (Fsp3) is 0.833. The molecule has 3 heteroatoms. The Kier molecular flexibility index (Phi) is 3.73. The molecule has 0 rings (SSSR count). The highest BCUT2D eigenvalue weighted by Gasteiger charge is 2.04. The van der Waals surface area contributed by atoms with Crippen molar-refractivity contribution in [3.63, 3.8) is 0 Å². The van der Waals surface area contributed by atoms with Gasteiger partial charge in [0.2, 0.25) is 0 Å². The summed E-state index contributed by atoms with van der Waals surface area (Å²) in [6.45, 7) is 5.66. The van der Waals surface area contributed by atoms with Crippen molar-refractivity contribution in [1.82, 2.24) is 0 Å². The quantitative estimate of drug-likeness (QED) is 0.594. The highest BCUT2D eigenvalue weighted by atomic mass is 32.1. The van der Waals surface area contributed by atoms with Crippen molar-refractivity contribution in [2.24, 2.45) is 5.73 Å². The molecule has 0 spiro atoms. The lowest BCUT2D eigenvalue weighted by Crippen LogP contribution is -2.29. The van der Waals surface area contributed by atoms with Gasteiger partial charge < -0.3 is 10.5 Å². The highest BCUT2D eigenvalue weighted by molar-refractivity contribution is 7.80. The van der Waals surface area contributed by atoms with Crippen LogP contribution in [0.4, 0.5) is 0 Å². The summed E-state index contributed by atoms with van der Waals surface area (Å²) in [6, 6.07) is -0.137. The van der Waals surface area contributed by atoms with E-state index in [0.29, 0.717) is 5.05 Å². The molecule has 0 aromatic rings. The standard InChI is InChI=1S/C6H13NOS/c1-4(2)8-6(9)5(3)7/h4-5H,7H2,1-3H3/t5-/m0/s1. The van der Waals surface area contributed by atoms with E-state index in [1.807, 2.05) is 20.8 Å². The second-order valence-corrected chi connectivity index (χ2v) is 2.68. The van der Waals surface area contributed by atoms with E-state index in [1.165, 1.54) is 0 Å². The molecule has 0 aromatic heterocycles. The first-order valence-corrected chi connectivity index (χ1v) is 3.41. The monoisotopic (exact) mass is 147 g/mol. The van der Waals surface area contributed by atoms with Gasteiger partial charge in [-0.3, -0.25) is 0 Å². The van der Waals surface area contributed by atoms with E-state index in [9.17, 15) is 0 Å². The van der Waals surface area contributed by atoms with Gasteiger partial charge >= 0.3 is 0 Å². The van der Waals surface area contributed by atoms with Crippen LogP contribution in [0.2, 0.25) is 0 Å². The van der Waals surface area contributed by atoms with Crippen LogP contribution in [-0.4, -0.2) is 17.2 Å². The third-order valence-electron chi connectivity index (χ3n) is 0.724. The first-order valence-electron chi connectivity index (χ1n) is 3.00. The minimum Gasteiger partial charge on any atom is -0.483 e. The largest absolute Gasteiger partial charge is 0.483 e. The fourth-order valence-corrected chi connectivity index (χ4v) is 0.532. The Morgan fingerprint density at radius 3 is 2.00 bits per heavy atom. The first kappa shape index (κ1) is 8.85. The number of thiocarbonyl (C=S) groups is 1.